The van der Waals surface area contributed by atoms with Gasteiger partial charge in [0, 0.05) is 17.6 Å². The highest BCUT2D eigenvalue weighted by Gasteiger charge is 2.22. The summed E-state index contributed by atoms with van der Waals surface area (Å²) in [5.74, 6) is 0.178. The lowest BCUT2D eigenvalue weighted by Gasteiger charge is -2.20. The summed E-state index contributed by atoms with van der Waals surface area (Å²) in [4.78, 5) is 11.0. The van der Waals surface area contributed by atoms with Crippen LogP contribution in [0.1, 0.15) is 43.6 Å². The Morgan fingerprint density at radius 1 is 1.32 bits per heavy atom. The van der Waals surface area contributed by atoms with Gasteiger partial charge in [-0.2, -0.15) is 0 Å². The van der Waals surface area contributed by atoms with Gasteiger partial charge in [-0.1, -0.05) is 36.6 Å². The van der Waals surface area contributed by atoms with E-state index in [1.165, 1.54) is 12.5 Å². The maximum atomic E-state index is 11.0. The Hall–Kier alpha value is -1.77. The second-order valence-corrected chi connectivity index (χ2v) is 4.95. The van der Waals surface area contributed by atoms with Gasteiger partial charge in [-0.3, -0.25) is 0 Å². The second kappa shape index (κ2) is 6.41. The first-order valence-electron chi connectivity index (χ1n) is 6.78. The van der Waals surface area contributed by atoms with Crippen molar-refractivity contribution in [3.05, 3.63) is 41.5 Å². The summed E-state index contributed by atoms with van der Waals surface area (Å²) in [5, 5.41) is 9.04. The second-order valence-electron chi connectivity index (χ2n) is 4.95. The molecule has 1 atom stereocenters. The van der Waals surface area contributed by atoms with Crippen molar-refractivity contribution in [1.82, 2.24) is 0 Å². The SMILES string of the molecule is COc1ccccc1C1CCCCC/C1=C\C(=O)O. The van der Waals surface area contributed by atoms with Gasteiger partial charge in [0.2, 0.25) is 0 Å². The third-order valence-electron chi connectivity index (χ3n) is 3.73. The van der Waals surface area contributed by atoms with Gasteiger partial charge in [-0.25, -0.2) is 4.79 Å². The van der Waals surface area contributed by atoms with Crippen LogP contribution >= 0.6 is 0 Å². The zero-order valence-electron chi connectivity index (χ0n) is 11.3. The molecule has 1 aliphatic carbocycles. The molecule has 1 unspecified atom stereocenters. The van der Waals surface area contributed by atoms with Crippen LogP contribution in [0.3, 0.4) is 0 Å². The molecule has 0 spiro atoms. The van der Waals surface area contributed by atoms with Gasteiger partial charge in [0.15, 0.2) is 0 Å². The number of hydrogen-bond acceptors (Lipinski definition) is 2. The molecule has 1 aromatic carbocycles. The van der Waals surface area contributed by atoms with E-state index in [-0.39, 0.29) is 5.92 Å². The highest BCUT2D eigenvalue weighted by atomic mass is 16.5. The zero-order chi connectivity index (χ0) is 13.7. The van der Waals surface area contributed by atoms with Crippen LogP contribution in [0.2, 0.25) is 0 Å². The number of carbonyl (C=O) groups is 1. The molecule has 0 bridgehead atoms. The molecule has 2 rings (SSSR count). The summed E-state index contributed by atoms with van der Waals surface area (Å²) in [7, 11) is 1.66. The molecular formula is C16H20O3. The molecule has 0 radical (unpaired) electrons. The third-order valence-corrected chi connectivity index (χ3v) is 3.73. The van der Waals surface area contributed by atoms with E-state index in [2.05, 4.69) is 0 Å². The quantitative estimate of drug-likeness (QED) is 0.665. The number of hydrogen-bond donors (Lipinski definition) is 1. The summed E-state index contributed by atoms with van der Waals surface area (Å²) in [5.41, 5.74) is 2.13. The van der Waals surface area contributed by atoms with Crippen molar-refractivity contribution in [2.45, 2.75) is 38.0 Å². The standard InChI is InChI=1S/C16H20O3/c1-19-15-10-6-5-9-14(15)13-8-4-2-3-7-12(13)11-16(17)18/h5-6,9-11,13H,2-4,7-8H2,1H3,(H,17,18)/b12-11+. The average molecular weight is 260 g/mol. The van der Waals surface area contributed by atoms with Gasteiger partial charge in [0.05, 0.1) is 7.11 Å². The molecule has 0 aromatic heterocycles. The number of aliphatic carboxylic acids is 1. The molecule has 1 saturated carbocycles. The van der Waals surface area contributed by atoms with Crippen molar-refractivity contribution in [2.24, 2.45) is 0 Å². The number of ether oxygens (including phenoxy) is 1. The molecular weight excluding hydrogens is 240 g/mol. The largest absolute Gasteiger partial charge is 0.496 e. The van der Waals surface area contributed by atoms with E-state index in [1.807, 2.05) is 24.3 Å². The Morgan fingerprint density at radius 3 is 2.84 bits per heavy atom. The minimum Gasteiger partial charge on any atom is -0.496 e. The lowest BCUT2D eigenvalue weighted by Crippen LogP contribution is -2.05. The summed E-state index contributed by atoms with van der Waals surface area (Å²) in [6, 6.07) is 7.92. The summed E-state index contributed by atoms with van der Waals surface area (Å²) >= 11 is 0. The van der Waals surface area contributed by atoms with Crippen LogP contribution in [-0.2, 0) is 4.79 Å². The highest BCUT2D eigenvalue weighted by molar-refractivity contribution is 5.81. The topological polar surface area (TPSA) is 46.5 Å². The number of benzene rings is 1. The van der Waals surface area contributed by atoms with Crippen molar-refractivity contribution in [3.8, 4) is 5.75 Å². The molecule has 0 amide bonds. The minimum absolute atomic E-state index is 0.176. The number of allylic oxidation sites excluding steroid dienone is 1. The van der Waals surface area contributed by atoms with E-state index in [4.69, 9.17) is 9.84 Å². The molecule has 0 aliphatic heterocycles. The van der Waals surface area contributed by atoms with E-state index in [0.717, 1.165) is 42.6 Å². The fourth-order valence-electron chi connectivity index (χ4n) is 2.85. The molecule has 1 aromatic rings. The van der Waals surface area contributed by atoms with Crippen molar-refractivity contribution in [3.63, 3.8) is 0 Å². The molecule has 3 nitrogen and oxygen atoms in total. The van der Waals surface area contributed by atoms with Crippen LogP contribution < -0.4 is 4.74 Å². The van der Waals surface area contributed by atoms with Crippen molar-refractivity contribution in [2.75, 3.05) is 7.11 Å². The van der Waals surface area contributed by atoms with Crippen molar-refractivity contribution >= 4 is 5.97 Å². The number of para-hydroxylation sites is 1. The molecule has 0 heterocycles. The Morgan fingerprint density at radius 2 is 2.11 bits per heavy atom. The lowest BCUT2D eigenvalue weighted by atomic mass is 9.86. The molecule has 1 N–H and O–H groups in total. The van der Waals surface area contributed by atoms with E-state index < -0.39 is 5.97 Å². The number of carboxylic acids is 1. The average Bonchev–Trinajstić information content (AvgIpc) is 2.63. The minimum atomic E-state index is -0.850. The number of carboxylic acid groups (broad SMARTS) is 1. The van der Waals surface area contributed by atoms with E-state index >= 15 is 0 Å². The van der Waals surface area contributed by atoms with Gasteiger partial charge in [-0.05, 0) is 25.3 Å². The highest BCUT2D eigenvalue weighted by Crippen LogP contribution is 2.39. The van der Waals surface area contributed by atoms with Crippen LogP contribution in [-0.4, -0.2) is 18.2 Å². The fourth-order valence-corrected chi connectivity index (χ4v) is 2.85. The Bertz CT molecular complexity index is 477. The van der Waals surface area contributed by atoms with Gasteiger partial charge >= 0.3 is 5.97 Å². The van der Waals surface area contributed by atoms with E-state index in [1.54, 1.807) is 7.11 Å². The van der Waals surface area contributed by atoms with Gasteiger partial charge < -0.3 is 9.84 Å². The van der Waals surface area contributed by atoms with E-state index in [0.29, 0.717) is 0 Å². The molecule has 0 saturated heterocycles. The van der Waals surface area contributed by atoms with Crippen LogP contribution in [0, 0.1) is 0 Å². The smallest absolute Gasteiger partial charge is 0.328 e. The summed E-state index contributed by atoms with van der Waals surface area (Å²) in [6.07, 6.45) is 6.64. The molecule has 1 aliphatic rings. The van der Waals surface area contributed by atoms with Crippen LogP contribution in [0.5, 0.6) is 5.75 Å². The maximum absolute atomic E-state index is 11.0. The normalized spacial score (nSPS) is 21.9. The van der Waals surface area contributed by atoms with Gasteiger partial charge in [0.1, 0.15) is 5.75 Å². The first kappa shape index (κ1) is 13.7. The molecule has 3 heteroatoms. The van der Waals surface area contributed by atoms with Gasteiger partial charge in [-0.15, -0.1) is 0 Å². The Labute approximate surface area is 113 Å². The predicted octanol–water partition coefficient (Wildman–Crippen LogP) is 3.75. The zero-order valence-corrected chi connectivity index (χ0v) is 11.3. The predicted molar refractivity (Wildman–Crippen MR) is 74.5 cm³/mol. The van der Waals surface area contributed by atoms with E-state index in [9.17, 15) is 4.79 Å². The Kier molecular flexibility index (Phi) is 4.61. The number of methoxy groups -OCH3 is 1. The summed E-state index contributed by atoms with van der Waals surface area (Å²) < 4.78 is 5.42. The maximum Gasteiger partial charge on any atom is 0.328 e. The van der Waals surface area contributed by atoms with Crippen LogP contribution in [0.25, 0.3) is 0 Å². The Balaban J connectivity index is 2.39. The van der Waals surface area contributed by atoms with Crippen molar-refractivity contribution in [1.29, 1.82) is 0 Å². The third kappa shape index (κ3) is 3.37. The van der Waals surface area contributed by atoms with Crippen LogP contribution in [0.4, 0.5) is 0 Å². The first-order valence-corrected chi connectivity index (χ1v) is 6.78. The molecule has 102 valence electrons. The molecule has 1 fully saturated rings. The lowest BCUT2D eigenvalue weighted by molar-refractivity contribution is -0.131. The molecule has 19 heavy (non-hydrogen) atoms. The first-order chi connectivity index (χ1) is 9.22. The van der Waals surface area contributed by atoms with Crippen LogP contribution in [0.15, 0.2) is 35.9 Å². The summed E-state index contributed by atoms with van der Waals surface area (Å²) in [6.45, 7) is 0. The number of rotatable bonds is 3. The van der Waals surface area contributed by atoms with Crippen molar-refractivity contribution < 1.29 is 14.6 Å². The fraction of sp³-hybridized carbons (Fsp3) is 0.438. The van der Waals surface area contributed by atoms with Gasteiger partial charge in [0.25, 0.3) is 0 Å². The monoisotopic (exact) mass is 260 g/mol.